The molecule has 2 heterocycles. The number of allylic oxidation sites excluding steroid dienone is 1. The van der Waals surface area contributed by atoms with Crippen LogP contribution >= 0.6 is 22.7 Å². The smallest absolute Gasteiger partial charge is 0.311 e. The number of hydrogen-bond acceptors (Lipinski definition) is 8. The number of nitrogens with zero attached hydrogens (tertiary/aromatic N) is 3. The Balaban J connectivity index is 2.02. The zero-order valence-corrected chi connectivity index (χ0v) is 13.8. The number of carbonyl (C=O) groups excluding carboxylic acids is 1. The lowest BCUT2D eigenvalue weighted by Gasteiger charge is -1.98. The summed E-state index contributed by atoms with van der Waals surface area (Å²) in [5, 5.41) is 17.1. The van der Waals surface area contributed by atoms with E-state index in [2.05, 4.69) is 21.4 Å². The first-order valence-corrected chi connectivity index (χ1v) is 8.27. The van der Waals surface area contributed by atoms with E-state index in [1.54, 1.807) is 18.5 Å². The molecule has 0 aliphatic heterocycles. The van der Waals surface area contributed by atoms with Gasteiger partial charge in [-0.3, -0.25) is 4.79 Å². The van der Waals surface area contributed by atoms with E-state index in [4.69, 9.17) is 4.74 Å². The fraction of sp³-hybridized carbons (Fsp3) is 0.286. The molecule has 22 heavy (non-hydrogen) atoms. The molecule has 0 fully saturated rings. The fourth-order valence-electron chi connectivity index (χ4n) is 1.57. The van der Waals surface area contributed by atoms with Crippen molar-refractivity contribution in [1.29, 1.82) is 5.26 Å². The molecule has 0 aromatic carbocycles. The van der Waals surface area contributed by atoms with Crippen LogP contribution in [0.4, 0.5) is 5.13 Å². The second-order valence-electron chi connectivity index (χ2n) is 4.23. The number of aromatic nitrogens is 2. The Hall–Kier alpha value is -2.24. The highest BCUT2D eigenvalue weighted by Gasteiger charge is 2.09. The van der Waals surface area contributed by atoms with E-state index in [0.717, 1.165) is 5.69 Å². The van der Waals surface area contributed by atoms with Crippen molar-refractivity contribution in [2.75, 3.05) is 11.9 Å². The number of anilines is 1. The van der Waals surface area contributed by atoms with Crippen molar-refractivity contribution in [1.82, 2.24) is 9.97 Å². The maximum absolute atomic E-state index is 11.4. The SMILES string of the molecule is CCOC(=O)Cc1csc(N/C=C(\C#N)c2nc(C)cs2)n1. The number of nitrogens with one attached hydrogen (secondary N) is 1. The lowest BCUT2D eigenvalue weighted by atomic mass is 10.3. The summed E-state index contributed by atoms with van der Waals surface area (Å²) in [4.78, 5) is 19.9. The topological polar surface area (TPSA) is 87.9 Å². The summed E-state index contributed by atoms with van der Waals surface area (Å²) in [6.45, 7) is 4.00. The Morgan fingerprint density at radius 2 is 2.27 bits per heavy atom. The lowest BCUT2D eigenvalue weighted by Crippen LogP contribution is -2.07. The summed E-state index contributed by atoms with van der Waals surface area (Å²) >= 11 is 2.78. The first-order chi connectivity index (χ1) is 10.6. The molecule has 1 N–H and O–H groups in total. The third-order valence-corrected chi connectivity index (χ3v) is 4.31. The minimum absolute atomic E-state index is 0.145. The van der Waals surface area contributed by atoms with Gasteiger partial charge in [0.25, 0.3) is 0 Å². The number of rotatable bonds is 6. The van der Waals surface area contributed by atoms with Crippen molar-refractivity contribution in [2.45, 2.75) is 20.3 Å². The zero-order valence-electron chi connectivity index (χ0n) is 12.1. The van der Waals surface area contributed by atoms with Crippen LogP contribution in [0.1, 0.15) is 23.3 Å². The largest absolute Gasteiger partial charge is 0.466 e. The molecule has 8 heteroatoms. The molecule has 0 amide bonds. The quantitative estimate of drug-likeness (QED) is 0.645. The first kappa shape index (κ1) is 16.1. The van der Waals surface area contributed by atoms with E-state index in [-0.39, 0.29) is 12.4 Å². The minimum Gasteiger partial charge on any atom is -0.466 e. The van der Waals surface area contributed by atoms with Crippen molar-refractivity contribution in [3.8, 4) is 6.07 Å². The van der Waals surface area contributed by atoms with Crippen LogP contribution in [-0.2, 0) is 16.0 Å². The first-order valence-electron chi connectivity index (χ1n) is 6.51. The van der Waals surface area contributed by atoms with Crippen LogP contribution in [0.15, 0.2) is 17.0 Å². The van der Waals surface area contributed by atoms with Gasteiger partial charge in [0.1, 0.15) is 16.6 Å². The molecule has 0 atom stereocenters. The summed E-state index contributed by atoms with van der Waals surface area (Å²) in [5.41, 5.74) is 1.97. The van der Waals surface area contributed by atoms with Crippen LogP contribution in [0.3, 0.4) is 0 Å². The molecule has 0 saturated heterocycles. The molecule has 0 spiro atoms. The summed E-state index contributed by atoms with van der Waals surface area (Å²) in [6.07, 6.45) is 1.72. The molecule has 0 aliphatic rings. The molecule has 0 bridgehead atoms. The Labute approximate surface area is 136 Å². The van der Waals surface area contributed by atoms with E-state index < -0.39 is 0 Å². The highest BCUT2D eigenvalue weighted by Crippen LogP contribution is 2.21. The van der Waals surface area contributed by atoms with Crippen LogP contribution < -0.4 is 5.32 Å². The molecule has 2 rings (SSSR count). The predicted molar refractivity (Wildman–Crippen MR) is 86.5 cm³/mol. The molecule has 6 nitrogen and oxygen atoms in total. The van der Waals surface area contributed by atoms with Gasteiger partial charge in [0.05, 0.1) is 18.7 Å². The van der Waals surface area contributed by atoms with Crippen LogP contribution in [0.2, 0.25) is 0 Å². The lowest BCUT2D eigenvalue weighted by molar-refractivity contribution is -0.142. The van der Waals surface area contributed by atoms with Gasteiger partial charge in [0.2, 0.25) is 0 Å². The molecule has 2 aromatic heterocycles. The van der Waals surface area contributed by atoms with Crippen LogP contribution in [-0.4, -0.2) is 22.5 Å². The van der Waals surface area contributed by atoms with Crippen LogP contribution in [0.5, 0.6) is 0 Å². The second-order valence-corrected chi connectivity index (χ2v) is 5.95. The van der Waals surface area contributed by atoms with E-state index in [1.165, 1.54) is 22.7 Å². The number of thiazole rings is 2. The van der Waals surface area contributed by atoms with E-state index in [1.807, 2.05) is 12.3 Å². The molecular formula is C14H14N4O2S2. The van der Waals surface area contributed by atoms with Crippen molar-refractivity contribution in [3.05, 3.63) is 33.4 Å². The highest BCUT2D eigenvalue weighted by molar-refractivity contribution is 7.13. The van der Waals surface area contributed by atoms with Crippen LogP contribution in [0, 0.1) is 18.3 Å². The van der Waals surface area contributed by atoms with Gasteiger partial charge in [-0.2, -0.15) is 5.26 Å². The molecule has 0 radical (unpaired) electrons. The Morgan fingerprint density at radius 1 is 1.45 bits per heavy atom. The van der Waals surface area contributed by atoms with Crippen LogP contribution in [0.25, 0.3) is 5.57 Å². The molecule has 0 saturated carbocycles. The maximum atomic E-state index is 11.4. The number of hydrogen-bond donors (Lipinski definition) is 1. The Kier molecular flexibility index (Phi) is 5.63. The number of nitriles is 1. The standard InChI is InChI=1S/C14H14N4O2S2/c1-3-20-12(19)4-11-8-22-14(18-11)16-6-10(5-15)13-17-9(2)7-21-13/h6-8H,3-4H2,1-2H3,(H,16,18)/b10-6+. The molecule has 2 aromatic rings. The average molecular weight is 334 g/mol. The average Bonchev–Trinajstić information content (AvgIpc) is 3.09. The van der Waals surface area contributed by atoms with Gasteiger partial charge < -0.3 is 10.1 Å². The normalized spacial score (nSPS) is 11.0. The number of esters is 1. The number of carbonyl (C=O) groups is 1. The fourth-order valence-corrected chi connectivity index (χ4v) is 3.01. The molecule has 0 aliphatic carbocycles. The van der Waals surface area contributed by atoms with Gasteiger partial charge in [0.15, 0.2) is 5.13 Å². The van der Waals surface area contributed by atoms with Gasteiger partial charge in [-0.1, -0.05) is 0 Å². The Bertz CT molecular complexity index is 727. The third kappa shape index (κ3) is 4.38. The van der Waals surface area contributed by atoms with Gasteiger partial charge in [-0.05, 0) is 13.8 Å². The number of aryl methyl sites for hydroxylation is 1. The van der Waals surface area contributed by atoms with Crippen molar-refractivity contribution in [2.24, 2.45) is 0 Å². The molecule has 114 valence electrons. The van der Waals surface area contributed by atoms with E-state index in [9.17, 15) is 10.1 Å². The highest BCUT2D eigenvalue weighted by atomic mass is 32.1. The summed E-state index contributed by atoms with van der Waals surface area (Å²) in [6, 6.07) is 2.11. The summed E-state index contributed by atoms with van der Waals surface area (Å²) < 4.78 is 4.87. The summed E-state index contributed by atoms with van der Waals surface area (Å²) in [5.74, 6) is -0.300. The van der Waals surface area contributed by atoms with Gasteiger partial charge in [-0.15, -0.1) is 22.7 Å². The summed E-state index contributed by atoms with van der Waals surface area (Å²) in [7, 11) is 0. The van der Waals surface area contributed by atoms with Crippen molar-refractivity contribution < 1.29 is 9.53 Å². The second kappa shape index (κ2) is 7.68. The van der Waals surface area contributed by atoms with Gasteiger partial charge >= 0.3 is 5.97 Å². The minimum atomic E-state index is -0.300. The third-order valence-electron chi connectivity index (χ3n) is 2.49. The van der Waals surface area contributed by atoms with E-state index >= 15 is 0 Å². The van der Waals surface area contributed by atoms with Gasteiger partial charge in [0, 0.05) is 22.7 Å². The molecular weight excluding hydrogens is 320 g/mol. The number of ether oxygens (including phenoxy) is 1. The zero-order chi connectivity index (χ0) is 15.9. The van der Waals surface area contributed by atoms with E-state index in [0.29, 0.717) is 28.0 Å². The Morgan fingerprint density at radius 3 is 2.91 bits per heavy atom. The van der Waals surface area contributed by atoms with Gasteiger partial charge in [-0.25, -0.2) is 9.97 Å². The predicted octanol–water partition coefficient (Wildman–Crippen LogP) is 2.99. The van der Waals surface area contributed by atoms with Crippen molar-refractivity contribution in [3.63, 3.8) is 0 Å². The maximum Gasteiger partial charge on any atom is 0.311 e. The molecule has 0 unspecified atom stereocenters. The monoisotopic (exact) mass is 334 g/mol. The van der Waals surface area contributed by atoms with Crippen molar-refractivity contribution >= 4 is 39.3 Å².